The van der Waals surface area contributed by atoms with Gasteiger partial charge in [0, 0.05) is 36.3 Å². The van der Waals surface area contributed by atoms with Crippen molar-refractivity contribution >= 4 is 11.7 Å². The van der Waals surface area contributed by atoms with Crippen LogP contribution in [0.5, 0.6) is 0 Å². The molecule has 5 nitrogen and oxygen atoms in total. The van der Waals surface area contributed by atoms with Crippen molar-refractivity contribution in [3.05, 3.63) is 89.0 Å². The number of carbonyl (C=O) groups excluding carboxylic acids is 2. The van der Waals surface area contributed by atoms with Crippen molar-refractivity contribution < 1.29 is 9.59 Å². The average molecular weight is 361 g/mol. The minimum Gasteiger partial charge on any atom is -0.356 e. The first-order valence-electron chi connectivity index (χ1n) is 8.85. The van der Waals surface area contributed by atoms with E-state index in [0.717, 1.165) is 5.56 Å². The summed E-state index contributed by atoms with van der Waals surface area (Å²) in [6, 6.07) is 12.9. The monoisotopic (exact) mass is 361 g/mol. The molecule has 0 atom stereocenters. The molecule has 0 spiro atoms. The lowest BCUT2D eigenvalue weighted by molar-refractivity contribution is 0.0946. The first-order chi connectivity index (χ1) is 12.8. The van der Waals surface area contributed by atoms with Crippen LogP contribution in [0.1, 0.15) is 58.3 Å². The number of hydrogen-bond donors (Lipinski definition) is 2. The molecule has 3 rings (SSSR count). The van der Waals surface area contributed by atoms with E-state index in [0.29, 0.717) is 23.4 Å². The van der Waals surface area contributed by atoms with E-state index in [2.05, 4.69) is 36.1 Å². The Morgan fingerprint density at radius 3 is 2.44 bits per heavy atom. The smallest absolute Gasteiger partial charge is 0.267 e. The number of aromatic amines is 1. The molecule has 0 unspecified atom stereocenters. The van der Waals surface area contributed by atoms with Crippen LogP contribution in [0, 0.1) is 0 Å². The molecule has 0 saturated heterocycles. The third-order valence-electron chi connectivity index (χ3n) is 4.38. The maximum atomic E-state index is 12.7. The second-order valence-electron chi connectivity index (χ2n) is 7.50. The zero-order valence-corrected chi connectivity index (χ0v) is 15.7. The topological polar surface area (TPSA) is 74.8 Å². The van der Waals surface area contributed by atoms with Crippen LogP contribution in [0.15, 0.2) is 61.1 Å². The minimum atomic E-state index is -0.263. The standard InChI is InChI=1S/C22H23N3O2/c1-22(2,3)18-8-6-16(7-9-18)20(26)17-11-19(24-14-17)21(27)25-13-15-5-4-10-23-12-15/h4-12,14,24H,13H2,1-3H3,(H,25,27). The average Bonchev–Trinajstić information content (AvgIpc) is 3.16. The van der Waals surface area contributed by atoms with Crippen LogP contribution in [0.2, 0.25) is 0 Å². The Morgan fingerprint density at radius 1 is 1.07 bits per heavy atom. The normalized spacial score (nSPS) is 11.2. The van der Waals surface area contributed by atoms with Crippen LogP contribution in [0.4, 0.5) is 0 Å². The molecule has 0 aliphatic carbocycles. The fourth-order valence-electron chi connectivity index (χ4n) is 2.73. The summed E-state index contributed by atoms with van der Waals surface area (Å²) in [6.45, 7) is 6.77. The number of nitrogens with one attached hydrogen (secondary N) is 2. The van der Waals surface area contributed by atoms with Gasteiger partial charge in [0.1, 0.15) is 5.69 Å². The second kappa shape index (κ2) is 7.58. The Balaban J connectivity index is 1.67. The third-order valence-corrected chi connectivity index (χ3v) is 4.38. The Kier molecular flexibility index (Phi) is 5.21. The van der Waals surface area contributed by atoms with Crippen molar-refractivity contribution in [1.82, 2.24) is 15.3 Å². The Morgan fingerprint density at radius 2 is 1.81 bits per heavy atom. The van der Waals surface area contributed by atoms with Crippen LogP contribution < -0.4 is 5.32 Å². The van der Waals surface area contributed by atoms with Crippen molar-refractivity contribution in [1.29, 1.82) is 0 Å². The van der Waals surface area contributed by atoms with E-state index in [1.807, 2.05) is 36.4 Å². The highest BCUT2D eigenvalue weighted by atomic mass is 16.2. The molecule has 5 heteroatoms. The van der Waals surface area contributed by atoms with Gasteiger partial charge in [-0.05, 0) is 28.7 Å². The number of carbonyl (C=O) groups is 2. The molecule has 2 aromatic heterocycles. The number of benzene rings is 1. The number of amides is 1. The van der Waals surface area contributed by atoms with E-state index in [9.17, 15) is 9.59 Å². The maximum Gasteiger partial charge on any atom is 0.267 e. The zero-order valence-electron chi connectivity index (χ0n) is 15.7. The van der Waals surface area contributed by atoms with E-state index >= 15 is 0 Å². The van der Waals surface area contributed by atoms with E-state index in [1.54, 1.807) is 24.7 Å². The van der Waals surface area contributed by atoms with Crippen LogP contribution >= 0.6 is 0 Å². The molecule has 0 aliphatic heterocycles. The number of pyridine rings is 1. The molecule has 2 N–H and O–H groups in total. The molecular weight excluding hydrogens is 338 g/mol. The fourth-order valence-corrected chi connectivity index (χ4v) is 2.73. The molecule has 1 aromatic carbocycles. The summed E-state index contributed by atoms with van der Waals surface area (Å²) in [5.74, 6) is -0.376. The molecular formula is C22H23N3O2. The van der Waals surface area contributed by atoms with Gasteiger partial charge in [0.25, 0.3) is 5.91 Å². The minimum absolute atomic E-state index is 0.0369. The highest BCUT2D eigenvalue weighted by Gasteiger charge is 2.17. The summed E-state index contributed by atoms with van der Waals surface area (Å²) in [6.07, 6.45) is 4.95. The van der Waals surface area contributed by atoms with Crippen LogP contribution in [0.3, 0.4) is 0 Å². The lowest BCUT2D eigenvalue weighted by atomic mass is 9.86. The van der Waals surface area contributed by atoms with Crippen molar-refractivity contribution in [3.8, 4) is 0 Å². The van der Waals surface area contributed by atoms with Gasteiger partial charge >= 0.3 is 0 Å². The Hall–Kier alpha value is -3.21. The maximum absolute atomic E-state index is 12.7. The van der Waals surface area contributed by atoms with Crippen LogP contribution in [0.25, 0.3) is 0 Å². The van der Waals surface area contributed by atoms with Crippen molar-refractivity contribution in [3.63, 3.8) is 0 Å². The summed E-state index contributed by atoms with van der Waals surface area (Å²) in [5, 5.41) is 2.81. The number of nitrogens with zero attached hydrogens (tertiary/aromatic N) is 1. The first kappa shape index (κ1) is 18.6. The van der Waals surface area contributed by atoms with Gasteiger partial charge in [0.2, 0.25) is 0 Å². The number of aromatic nitrogens is 2. The summed E-state index contributed by atoms with van der Waals surface area (Å²) >= 11 is 0. The highest BCUT2D eigenvalue weighted by molar-refractivity contribution is 6.10. The van der Waals surface area contributed by atoms with E-state index in [1.165, 1.54) is 5.56 Å². The van der Waals surface area contributed by atoms with Crippen LogP contribution in [-0.4, -0.2) is 21.7 Å². The largest absolute Gasteiger partial charge is 0.356 e. The van der Waals surface area contributed by atoms with Gasteiger partial charge in [-0.15, -0.1) is 0 Å². The molecule has 0 saturated carbocycles. The summed E-state index contributed by atoms with van der Waals surface area (Å²) in [4.78, 5) is 31.8. The molecule has 0 radical (unpaired) electrons. The molecule has 0 aliphatic rings. The first-order valence-corrected chi connectivity index (χ1v) is 8.85. The van der Waals surface area contributed by atoms with Gasteiger partial charge in [0.05, 0.1) is 0 Å². The van der Waals surface area contributed by atoms with Gasteiger partial charge in [0.15, 0.2) is 5.78 Å². The Bertz CT molecular complexity index is 936. The second-order valence-corrected chi connectivity index (χ2v) is 7.50. The lowest BCUT2D eigenvalue weighted by Gasteiger charge is -2.18. The Labute approximate surface area is 158 Å². The number of ketones is 1. The van der Waals surface area contributed by atoms with Gasteiger partial charge in [-0.25, -0.2) is 0 Å². The van der Waals surface area contributed by atoms with E-state index in [-0.39, 0.29) is 17.1 Å². The number of H-pyrrole nitrogens is 1. The molecule has 27 heavy (non-hydrogen) atoms. The van der Waals surface area contributed by atoms with Crippen molar-refractivity contribution in [2.24, 2.45) is 0 Å². The SMILES string of the molecule is CC(C)(C)c1ccc(C(=O)c2c[nH]c(C(=O)NCc3cccnc3)c2)cc1. The molecule has 138 valence electrons. The van der Waals surface area contributed by atoms with E-state index < -0.39 is 0 Å². The molecule has 2 heterocycles. The molecule has 0 bridgehead atoms. The van der Waals surface area contributed by atoms with Gasteiger partial charge < -0.3 is 10.3 Å². The molecule has 3 aromatic rings. The third kappa shape index (κ3) is 4.50. The summed E-state index contributed by atoms with van der Waals surface area (Å²) in [5.41, 5.74) is 3.54. The number of hydrogen-bond acceptors (Lipinski definition) is 3. The predicted molar refractivity (Wildman–Crippen MR) is 105 cm³/mol. The number of rotatable bonds is 5. The predicted octanol–water partition coefficient (Wildman–Crippen LogP) is 3.87. The van der Waals surface area contributed by atoms with Crippen molar-refractivity contribution in [2.45, 2.75) is 32.7 Å². The summed E-state index contributed by atoms with van der Waals surface area (Å²) < 4.78 is 0. The quantitative estimate of drug-likeness (QED) is 0.678. The molecule has 0 fully saturated rings. The summed E-state index contributed by atoms with van der Waals surface area (Å²) in [7, 11) is 0. The van der Waals surface area contributed by atoms with Gasteiger partial charge in [-0.2, -0.15) is 0 Å². The molecule has 1 amide bonds. The highest BCUT2D eigenvalue weighted by Crippen LogP contribution is 2.23. The lowest BCUT2D eigenvalue weighted by Crippen LogP contribution is -2.23. The van der Waals surface area contributed by atoms with Crippen LogP contribution in [-0.2, 0) is 12.0 Å². The fraction of sp³-hybridized carbons (Fsp3) is 0.227. The van der Waals surface area contributed by atoms with E-state index in [4.69, 9.17) is 0 Å². The van der Waals surface area contributed by atoms with Crippen molar-refractivity contribution in [2.75, 3.05) is 0 Å². The van der Waals surface area contributed by atoms with Gasteiger partial charge in [-0.1, -0.05) is 51.1 Å². The van der Waals surface area contributed by atoms with Gasteiger partial charge in [-0.3, -0.25) is 14.6 Å². The zero-order chi connectivity index (χ0) is 19.4.